The van der Waals surface area contributed by atoms with Crippen LogP contribution in [0.2, 0.25) is 0 Å². The molecule has 0 saturated carbocycles. The largest absolute Gasteiger partial charge is 0.389 e. The van der Waals surface area contributed by atoms with Gasteiger partial charge in [0.25, 0.3) is 5.91 Å². The Balaban J connectivity index is 1.40. The highest BCUT2D eigenvalue weighted by Gasteiger charge is 2.49. The summed E-state index contributed by atoms with van der Waals surface area (Å²) in [4.78, 5) is 27.6. The highest BCUT2D eigenvalue weighted by Crippen LogP contribution is 2.32. The molecule has 4 rings (SSSR count). The smallest absolute Gasteiger partial charge is 0.325 e. The molecule has 1 aromatic carbocycles. The number of ether oxygens (including phenoxy) is 1. The summed E-state index contributed by atoms with van der Waals surface area (Å²) in [7, 11) is 0. The molecule has 28 heavy (non-hydrogen) atoms. The maximum atomic E-state index is 13.0. The molecule has 1 aliphatic carbocycles. The molecule has 148 valence electrons. The van der Waals surface area contributed by atoms with Crippen molar-refractivity contribution < 1.29 is 19.4 Å². The van der Waals surface area contributed by atoms with Gasteiger partial charge >= 0.3 is 6.03 Å². The Labute approximate surface area is 168 Å². The molecule has 1 aromatic heterocycles. The SMILES string of the molecule is CC1(c2ccc3c(c2)CCC3)NC(=O)N(CC(O)COCc2cccs2)C1=O. The Hall–Kier alpha value is -2.22. The second-order valence-corrected chi connectivity index (χ2v) is 8.59. The van der Waals surface area contributed by atoms with E-state index in [0.717, 1.165) is 34.6 Å². The van der Waals surface area contributed by atoms with E-state index in [0.29, 0.717) is 6.61 Å². The first-order valence-electron chi connectivity index (χ1n) is 9.52. The summed E-state index contributed by atoms with van der Waals surface area (Å²) >= 11 is 1.58. The Morgan fingerprint density at radius 1 is 1.29 bits per heavy atom. The molecule has 2 N–H and O–H groups in total. The minimum Gasteiger partial charge on any atom is -0.389 e. The van der Waals surface area contributed by atoms with Crippen LogP contribution in [0.1, 0.15) is 34.9 Å². The number of nitrogens with zero attached hydrogens (tertiary/aromatic N) is 1. The van der Waals surface area contributed by atoms with Crippen molar-refractivity contribution in [2.75, 3.05) is 13.2 Å². The van der Waals surface area contributed by atoms with Gasteiger partial charge in [-0.25, -0.2) is 4.79 Å². The monoisotopic (exact) mass is 400 g/mol. The standard InChI is InChI=1S/C21H24N2O4S/c1-21(16-8-7-14-4-2-5-15(14)10-16)19(25)23(20(26)22-21)11-17(24)12-27-13-18-6-3-9-28-18/h3,6-10,17,24H,2,4-5,11-13H2,1H3,(H,22,26). The molecule has 2 aliphatic rings. The minimum absolute atomic E-state index is 0.0600. The highest BCUT2D eigenvalue weighted by molar-refractivity contribution is 7.09. The molecular weight excluding hydrogens is 376 g/mol. The first kappa shape index (κ1) is 19.1. The third kappa shape index (κ3) is 3.57. The molecule has 0 spiro atoms. The van der Waals surface area contributed by atoms with Crippen LogP contribution in [0.5, 0.6) is 0 Å². The van der Waals surface area contributed by atoms with Crippen LogP contribution in [0.25, 0.3) is 0 Å². The summed E-state index contributed by atoms with van der Waals surface area (Å²) in [6, 6.07) is 9.42. The van der Waals surface area contributed by atoms with E-state index in [1.165, 1.54) is 11.1 Å². The molecule has 3 amide bonds. The molecular formula is C21H24N2O4S. The van der Waals surface area contributed by atoms with Gasteiger partial charge in [-0.15, -0.1) is 11.3 Å². The van der Waals surface area contributed by atoms with E-state index in [2.05, 4.69) is 11.4 Å². The highest BCUT2D eigenvalue weighted by atomic mass is 32.1. The fraction of sp³-hybridized carbons (Fsp3) is 0.429. The van der Waals surface area contributed by atoms with E-state index in [1.54, 1.807) is 18.3 Å². The van der Waals surface area contributed by atoms with Gasteiger partial charge in [0, 0.05) is 4.88 Å². The number of fused-ring (bicyclic) bond motifs is 1. The van der Waals surface area contributed by atoms with Crippen LogP contribution in [0.4, 0.5) is 4.79 Å². The van der Waals surface area contributed by atoms with E-state index in [1.807, 2.05) is 29.6 Å². The summed E-state index contributed by atoms with van der Waals surface area (Å²) in [6.45, 7) is 2.10. The first-order chi connectivity index (χ1) is 13.5. The molecule has 6 nitrogen and oxygen atoms in total. The first-order valence-corrected chi connectivity index (χ1v) is 10.4. The number of imide groups is 1. The van der Waals surface area contributed by atoms with Crippen molar-refractivity contribution in [3.05, 3.63) is 57.3 Å². The van der Waals surface area contributed by atoms with Gasteiger partial charge in [-0.2, -0.15) is 0 Å². The van der Waals surface area contributed by atoms with E-state index >= 15 is 0 Å². The fourth-order valence-electron chi connectivity index (χ4n) is 3.89. The molecule has 2 unspecified atom stereocenters. The molecule has 1 saturated heterocycles. The molecule has 1 fully saturated rings. The lowest BCUT2D eigenvalue weighted by Crippen LogP contribution is -2.42. The van der Waals surface area contributed by atoms with Gasteiger partial charge < -0.3 is 15.2 Å². The molecule has 0 radical (unpaired) electrons. The normalized spacial score (nSPS) is 22.4. The third-order valence-corrected chi connectivity index (χ3v) is 6.33. The van der Waals surface area contributed by atoms with E-state index < -0.39 is 17.7 Å². The van der Waals surface area contributed by atoms with Crippen molar-refractivity contribution in [1.82, 2.24) is 10.2 Å². The van der Waals surface area contributed by atoms with Gasteiger partial charge in [0.15, 0.2) is 0 Å². The Kier molecular flexibility index (Phi) is 5.23. The number of carbonyl (C=O) groups excluding carboxylic acids is 2. The number of aliphatic hydroxyl groups is 1. The maximum Gasteiger partial charge on any atom is 0.325 e. The predicted molar refractivity (Wildman–Crippen MR) is 106 cm³/mol. The average Bonchev–Trinajstić information content (AvgIpc) is 3.39. The van der Waals surface area contributed by atoms with Crippen LogP contribution in [-0.4, -0.2) is 41.2 Å². The Morgan fingerprint density at radius 3 is 2.89 bits per heavy atom. The molecule has 2 atom stereocenters. The number of thiophene rings is 1. The van der Waals surface area contributed by atoms with Gasteiger partial charge in [0.1, 0.15) is 5.54 Å². The minimum atomic E-state index is -1.10. The van der Waals surface area contributed by atoms with Crippen LogP contribution in [0.15, 0.2) is 35.7 Å². The number of hydrogen-bond acceptors (Lipinski definition) is 5. The molecule has 1 aliphatic heterocycles. The van der Waals surface area contributed by atoms with Gasteiger partial charge in [0.2, 0.25) is 0 Å². The summed E-state index contributed by atoms with van der Waals surface area (Å²) in [5.41, 5.74) is 2.25. The number of benzene rings is 1. The number of amides is 3. The zero-order chi connectivity index (χ0) is 19.7. The topological polar surface area (TPSA) is 78.9 Å². The van der Waals surface area contributed by atoms with Crippen LogP contribution >= 0.6 is 11.3 Å². The van der Waals surface area contributed by atoms with Crippen molar-refractivity contribution in [1.29, 1.82) is 0 Å². The lowest BCUT2D eigenvalue weighted by atomic mass is 9.89. The van der Waals surface area contributed by atoms with Crippen LogP contribution in [0, 0.1) is 0 Å². The molecule has 2 heterocycles. The number of carbonyl (C=O) groups is 2. The van der Waals surface area contributed by atoms with Gasteiger partial charge in [-0.3, -0.25) is 9.69 Å². The molecule has 2 aromatic rings. The van der Waals surface area contributed by atoms with Crippen LogP contribution in [-0.2, 0) is 34.5 Å². The molecule has 7 heteroatoms. The second-order valence-electron chi connectivity index (χ2n) is 7.56. The zero-order valence-corrected chi connectivity index (χ0v) is 16.6. The maximum absolute atomic E-state index is 13.0. The van der Waals surface area contributed by atoms with E-state index in [4.69, 9.17) is 4.74 Å². The summed E-state index contributed by atoms with van der Waals surface area (Å²) in [5.74, 6) is -0.340. The number of aliphatic hydroxyl groups excluding tert-OH is 1. The van der Waals surface area contributed by atoms with Crippen molar-refractivity contribution in [2.24, 2.45) is 0 Å². The Morgan fingerprint density at radius 2 is 2.11 bits per heavy atom. The third-order valence-electron chi connectivity index (χ3n) is 5.48. The number of urea groups is 1. The lowest BCUT2D eigenvalue weighted by molar-refractivity contribution is -0.132. The second kappa shape index (κ2) is 7.66. The van der Waals surface area contributed by atoms with E-state index in [-0.39, 0.29) is 19.1 Å². The van der Waals surface area contributed by atoms with Crippen molar-refractivity contribution in [3.8, 4) is 0 Å². The van der Waals surface area contributed by atoms with Gasteiger partial charge in [-0.05, 0) is 54.3 Å². The number of nitrogens with one attached hydrogen (secondary N) is 1. The predicted octanol–water partition coefficient (Wildman–Crippen LogP) is 2.58. The van der Waals surface area contributed by atoms with Crippen molar-refractivity contribution >= 4 is 23.3 Å². The van der Waals surface area contributed by atoms with Gasteiger partial charge in [-0.1, -0.05) is 24.3 Å². The Bertz CT molecular complexity index is 883. The molecule has 0 bridgehead atoms. The lowest BCUT2D eigenvalue weighted by Gasteiger charge is -2.24. The summed E-state index contributed by atoms with van der Waals surface area (Å²) < 4.78 is 5.50. The number of β-amino-alcohol motifs (C(OH)–C–C–N with tert-alkyl or cyclic N) is 1. The number of aryl methyl sites for hydroxylation is 2. The number of rotatable bonds is 7. The summed E-state index contributed by atoms with van der Waals surface area (Å²) in [5, 5.41) is 15.0. The number of hydrogen-bond donors (Lipinski definition) is 2. The van der Waals surface area contributed by atoms with Crippen molar-refractivity contribution in [2.45, 2.75) is 44.4 Å². The quantitative estimate of drug-likeness (QED) is 0.700. The fourth-order valence-corrected chi connectivity index (χ4v) is 4.54. The average molecular weight is 401 g/mol. The zero-order valence-electron chi connectivity index (χ0n) is 15.8. The summed E-state index contributed by atoms with van der Waals surface area (Å²) in [6.07, 6.45) is 2.26. The van der Waals surface area contributed by atoms with Crippen LogP contribution in [0.3, 0.4) is 0 Å². The van der Waals surface area contributed by atoms with E-state index in [9.17, 15) is 14.7 Å². The van der Waals surface area contributed by atoms with Crippen LogP contribution < -0.4 is 5.32 Å². The van der Waals surface area contributed by atoms with Crippen molar-refractivity contribution in [3.63, 3.8) is 0 Å². The van der Waals surface area contributed by atoms with Gasteiger partial charge in [0.05, 0.1) is 25.9 Å².